The number of nitrogens with one attached hydrogen (secondary N) is 2. The Hall–Kier alpha value is -1.99. The summed E-state index contributed by atoms with van der Waals surface area (Å²) in [5, 5.41) is 5.08. The highest BCUT2D eigenvalue weighted by Crippen LogP contribution is 2.19. The van der Waals surface area contributed by atoms with E-state index in [1.165, 1.54) is 17.0 Å². The molecule has 0 aliphatic rings. The Labute approximate surface area is 142 Å². The van der Waals surface area contributed by atoms with E-state index in [1.807, 2.05) is 35.6 Å². The molecular formula is C17H17F3N2OS. The maximum absolute atomic E-state index is 12.2. The molecule has 0 saturated carbocycles. The molecule has 2 aromatic carbocycles. The van der Waals surface area contributed by atoms with E-state index < -0.39 is 12.1 Å². The maximum Gasteiger partial charge on any atom is 0.471 e. The second kappa shape index (κ2) is 8.75. The minimum Gasteiger partial charge on any atom is -0.318 e. The van der Waals surface area contributed by atoms with Crippen LogP contribution in [0.15, 0.2) is 59.5 Å². The topological polar surface area (TPSA) is 41.1 Å². The predicted octanol–water partition coefficient (Wildman–Crippen LogP) is 4.07. The lowest BCUT2D eigenvalue weighted by Crippen LogP contribution is -2.30. The van der Waals surface area contributed by atoms with E-state index in [1.54, 1.807) is 23.9 Å². The first kappa shape index (κ1) is 18.4. The third-order valence-electron chi connectivity index (χ3n) is 3.06. The fourth-order valence-electron chi connectivity index (χ4n) is 1.95. The Balaban J connectivity index is 1.75. The Morgan fingerprint density at radius 3 is 2.50 bits per heavy atom. The summed E-state index contributed by atoms with van der Waals surface area (Å²) < 4.78 is 36.7. The molecule has 0 unspecified atom stereocenters. The first-order valence-corrected chi connectivity index (χ1v) is 8.29. The second-order valence-electron chi connectivity index (χ2n) is 4.99. The first-order chi connectivity index (χ1) is 11.4. The molecule has 1 amide bonds. The minimum atomic E-state index is -4.89. The second-order valence-corrected chi connectivity index (χ2v) is 6.16. The molecular weight excluding hydrogens is 337 g/mol. The summed E-state index contributed by atoms with van der Waals surface area (Å²) in [4.78, 5) is 12.1. The summed E-state index contributed by atoms with van der Waals surface area (Å²) in [6, 6.07) is 16.4. The molecule has 0 fully saturated rings. The van der Waals surface area contributed by atoms with Gasteiger partial charge in [0.05, 0.1) is 0 Å². The SMILES string of the molecule is O=C(Nc1cccc(CNCCSc2ccccc2)c1)C(F)(F)F. The fraction of sp³-hybridized carbons (Fsp3) is 0.235. The normalized spacial score (nSPS) is 11.3. The van der Waals surface area contributed by atoms with Crippen molar-refractivity contribution in [1.82, 2.24) is 5.32 Å². The number of halogens is 3. The largest absolute Gasteiger partial charge is 0.471 e. The Morgan fingerprint density at radius 2 is 1.79 bits per heavy atom. The lowest BCUT2D eigenvalue weighted by atomic mass is 10.2. The quantitative estimate of drug-likeness (QED) is 0.582. The van der Waals surface area contributed by atoms with Crippen LogP contribution < -0.4 is 10.6 Å². The molecule has 128 valence electrons. The molecule has 2 rings (SSSR count). The van der Waals surface area contributed by atoms with Crippen LogP contribution in [0.25, 0.3) is 0 Å². The number of anilines is 1. The predicted molar refractivity (Wildman–Crippen MR) is 90.0 cm³/mol. The van der Waals surface area contributed by atoms with E-state index in [9.17, 15) is 18.0 Å². The molecule has 0 saturated heterocycles. The number of rotatable bonds is 7. The summed E-state index contributed by atoms with van der Waals surface area (Å²) in [5.41, 5.74) is 0.940. The number of hydrogen-bond donors (Lipinski definition) is 2. The lowest BCUT2D eigenvalue weighted by molar-refractivity contribution is -0.167. The van der Waals surface area contributed by atoms with E-state index in [-0.39, 0.29) is 5.69 Å². The zero-order chi connectivity index (χ0) is 17.4. The monoisotopic (exact) mass is 354 g/mol. The van der Waals surface area contributed by atoms with Crippen LogP contribution in [0.1, 0.15) is 5.56 Å². The van der Waals surface area contributed by atoms with Crippen LogP contribution in [0.4, 0.5) is 18.9 Å². The number of amides is 1. The van der Waals surface area contributed by atoms with Crippen molar-refractivity contribution in [3.05, 3.63) is 60.2 Å². The molecule has 0 aliphatic heterocycles. The molecule has 0 bridgehead atoms. The average Bonchev–Trinajstić information content (AvgIpc) is 2.55. The highest BCUT2D eigenvalue weighted by molar-refractivity contribution is 7.99. The van der Waals surface area contributed by atoms with Crippen LogP contribution in [0.5, 0.6) is 0 Å². The van der Waals surface area contributed by atoms with Crippen molar-refractivity contribution in [3.8, 4) is 0 Å². The van der Waals surface area contributed by atoms with Gasteiger partial charge in [-0.25, -0.2) is 0 Å². The van der Waals surface area contributed by atoms with Crippen molar-refractivity contribution in [2.75, 3.05) is 17.6 Å². The van der Waals surface area contributed by atoms with Gasteiger partial charge in [-0.3, -0.25) is 4.79 Å². The van der Waals surface area contributed by atoms with Gasteiger partial charge in [0.25, 0.3) is 0 Å². The van der Waals surface area contributed by atoms with Gasteiger partial charge in [-0.2, -0.15) is 13.2 Å². The van der Waals surface area contributed by atoms with Crippen LogP contribution in [-0.2, 0) is 11.3 Å². The third kappa shape index (κ3) is 6.25. The van der Waals surface area contributed by atoms with Crippen LogP contribution in [0, 0.1) is 0 Å². The van der Waals surface area contributed by atoms with E-state index in [0.717, 1.165) is 17.9 Å². The molecule has 0 aromatic heterocycles. The highest BCUT2D eigenvalue weighted by Gasteiger charge is 2.38. The Kier molecular flexibility index (Phi) is 6.69. The smallest absolute Gasteiger partial charge is 0.318 e. The number of thioether (sulfide) groups is 1. The summed E-state index contributed by atoms with van der Waals surface area (Å²) in [7, 11) is 0. The summed E-state index contributed by atoms with van der Waals surface area (Å²) in [6.07, 6.45) is -4.89. The van der Waals surface area contributed by atoms with Gasteiger partial charge in [0.15, 0.2) is 0 Å². The molecule has 2 N–H and O–H groups in total. The number of hydrogen-bond acceptors (Lipinski definition) is 3. The number of alkyl halides is 3. The molecule has 0 aliphatic carbocycles. The fourth-order valence-corrected chi connectivity index (χ4v) is 2.78. The number of carbonyl (C=O) groups excluding carboxylic acids is 1. The summed E-state index contributed by atoms with van der Waals surface area (Å²) in [6.45, 7) is 1.28. The number of carbonyl (C=O) groups is 1. The van der Waals surface area contributed by atoms with E-state index in [0.29, 0.717) is 6.54 Å². The van der Waals surface area contributed by atoms with E-state index in [4.69, 9.17) is 0 Å². The Morgan fingerprint density at radius 1 is 1.04 bits per heavy atom. The maximum atomic E-state index is 12.2. The standard InChI is InChI=1S/C17H17F3N2OS/c18-17(19,20)16(23)22-14-6-4-5-13(11-14)12-21-9-10-24-15-7-2-1-3-8-15/h1-8,11,21H,9-10,12H2,(H,22,23). The molecule has 0 radical (unpaired) electrons. The first-order valence-electron chi connectivity index (χ1n) is 7.31. The molecule has 0 heterocycles. The molecule has 3 nitrogen and oxygen atoms in total. The van der Waals surface area contributed by atoms with Gasteiger partial charge in [-0.05, 0) is 29.8 Å². The van der Waals surface area contributed by atoms with Gasteiger partial charge in [0, 0.05) is 29.4 Å². The zero-order valence-electron chi connectivity index (χ0n) is 12.8. The van der Waals surface area contributed by atoms with Crippen molar-refractivity contribution in [2.45, 2.75) is 17.6 Å². The van der Waals surface area contributed by atoms with Crippen LogP contribution in [0.3, 0.4) is 0 Å². The van der Waals surface area contributed by atoms with Crippen LogP contribution in [-0.4, -0.2) is 24.4 Å². The van der Waals surface area contributed by atoms with Gasteiger partial charge < -0.3 is 10.6 Å². The molecule has 7 heteroatoms. The van der Waals surface area contributed by atoms with Crippen molar-refractivity contribution in [1.29, 1.82) is 0 Å². The van der Waals surface area contributed by atoms with Crippen molar-refractivity contribution < 1.29 is 18.0 Å². The lowest BCUT2D eigenvalue weighted by Gasteiger charge is -2.10. The molecule has 24 heavy (non-hydrogen) atoms. The van der Waals surface area contributed by atoms with Crippen molar-refractivity contribution >= 4 is 23.4 Å². The summed E-state index contributed by atoms with van der Waals surface area (Å²) >= 11 is 1.73. The summed E-state index contributed by atoms with van der Waals surface area (Å²) in [5.74, 6) is -1.08. The molecule has 0 atom stereocenters. The highest BCUT2D eigenvalue weighted by atomic mass is 32.2. The average molecular weight is 354 g/mol. The van der Waals surface area contributed by atoms with Crippen molar-refractivity contribution in [2.24, 2.45) is 0 Å². The molecule has 2 aromatic rings. The van der Waals surface area contributed by atoms with E-state index in [2.05, 4.69) is 5.32 Å². The van der Waals surface area contributed by atoms with Crippen LogP contribution >= 0.6 is 11.8 Å². The van der Waals surface area contributed by atoms with Gasteiger partial charge in [0.2, 0.25) is 0 Å². The van der Waals surface area contributed by atoms with Crippen LogP contribution in [0.2, 0.25) is 0 Å². The Bertz CT molecular complexity index is 662. The van der Waals surface area contributed by atoms with Gasteiger partial charge in [0.1, 0.15) is 0 Å². The van der Waals surface area contributed by atoms with Gasteiger partial charge in [-0.1, -0.05) is 30.3 Å². The van der Waals surface area contributed by atoms with Gasteiger partial charge >= 0.3 is 12.1 Å². The molecule has 0 spiro atoms. The third-order valence-corrected chi connectivity index (χ3v) is 4.08. The number of benzene rings is 2. The van der Waals surface area contributed by atoms with Gasteiger partial charge in [-0.15, -0.1) is 11.8 Å². The minimum absolute atomic E-state index is 0.135. The zero-order valence-corrected chi connectivity index (χ0v) is 13.6. The van der Waals surface area contributed by atoms with E-state index >= 15 is 0 Å². The van der Waals surface area contributed by atoms with Crippen molar-refractivity contribution in [3.63, 3.8) is 0 Å².